The van der Waals surface area contributed by atoms with Crippen LogP contribution in [0.25, 0.3) is 0 Å². The Morgan fingerprint density at radius 2 is 1.95 bits per heavy atom. The first-order chi connectivity index (χ1) is 9.49. The lowest BCUT2D eigenvalue weighted by atomic mass is 10.1. The van der Waals surface area contributed by atoms with E-state index < -0.39 is 0 Å². The van der Waals surface area contributed by atoms with E-state index >= 15 is 0 Å². The van der Waals surface area contributed by atoms with Crippen molar-refractivity contribution in [1.29, 1.82) is 0 Å². The molecule has 0 aliphatic rings. The number of phenols is 1. The second kappa shape index (κ2) is 6.44. The quantitative estimate of drug-likeness (QED) is 0.858. The van der Waals surface area contributed by atoms with Gasteiger partial charge in [-0.1, -0.05) is 41.4 Å². The van der Waals surface area contributed by atoms with Crippen molar-refractivity contribution >= 4 is 23.2 Å². The van der Waals surface area contributed by atoms with Gasteiger partial charge in [-0.2, -0.15) is 0 Å². The maximum atomic E-state index is 13.6. The van der Waals surface area contributed by atoms with Gasteiger partial charge in [0.05, 0.1) is 5.02 Å². The van der Waals surface area contributed by atoms with Gasteiger partial charge < -0.3 is 10.4 Å². The van der Waals surface area contributed by atoms with Crippen LogP contribution in [0.3, 0.4) is 0 Å². The first kappa shape index (κ1) is 15.1. The number of halogens is 3. The molecule has 0 radical (unpaired) electrons. The maximum Gasteiger partial charge on any atom is 0.138 e. The number of hydrogen-bond acceptors (Lipinski definition) is 2. The Labute approximate surface area is 127 Å². The first-order valence-corrected chi connectivity index (χ1v) is 6.89. The molecule has 0 aliphatic heterocycles. The predicted octanol–water partition coefficient (Wildman–Crippen LogP) is 4.69. The minimum absolute atomic E-state index is 0.00991. The fraction of sp³-hybridized carbons (Fsp3) is 0.200. The number of rotatable bonds is 4. The van der Waals surface area contributed by atoms with Gasteiger partial charge in [-0.3, -0.25) is 0 Å². The fourth-order valence-corrected chi connectivity index (χ4v) is 2.49. The van der Waals surface area contributed by atoms with Crippen molar-refractivity contribution < 1.29 is 9.50 Å². The Hall–Kier alpha value is -1.29. The lowest BCUT2D eigenvalue weighted by molar-refractivity contribution is 0.458. The number of hydrogen-bond donors (Lipinski definition) is 2. The maximum absolute atomic E-state index is 13.6. The van der Waals surface area contributed by atoms with Crippen molar-refractivity contribution in [1.82, 2.24) is 5.32 Å². The molecule has 0 aromatic heterocycles. The van der Waals surface area contributed by atoms with Gasteiger partial charge >= 0.3 is 0 Å². The summed E-state index contributed by atoms with van der Waals surface area (Å²) in [5.74, 6) is -0.273. The molecule has 0 spiro atoms. The average molecular weight is 314 g/mol. The molecule has 2 rings (SSSR count). The second-order valence-corrected chi connectivity index (χ2v) is 5.36. The van der Waals surface area contributed by atoms with Gasteiger partial charge in [0.2, 0.25) is 0 Å². The highest BCUT2D eigenvalue weighted by molar-refractivity contribution is 6.35. The summed E-state index contributed by atoms with van der Waals surface area (Å²) in [6.07, 6.45) is 0. The van der Waals surface area contributed by atoms with Crippen LogP contribution in [0.5, 0.6) is 5.75 Å². The van der Waals surface area contributed by atoms with E-state index in [9.17, 15) is 9.50 Å². The van der Waals surface area contributed by atoms with E-state index in [2.05, 4.69) is 5.32 Å². The Morgan fingerprint density at radius 1 is 1.25 bits per heavy atom. The largest absolute Gasteiger partial charge is 0.506 e. The molecule has 1 atom stereocenters. The van der Waals surface area contributed by atoms with Crippen LogP contribution in [0.2, 0.25) is 10.0 Å². The van der Waals surface area contributed by atoms with Gasteiger partial charge in [0.25, 0.3) is 0 Å². The van der Waals surface area contributed by atoms with Crippen LogP contribution >= 0.6 is 23.2 Å². The highest BCUT2D eigenvalue weighted by Gasteiger charge is 2.12. The zero-order chi connectivity index (χ0) is 14.7. The highest BCUT2D eigenvalue weighted by atomic mass is 35.5. The zero-order valence-corrected chi connectivity index (χ0v) is 12.3. The Morgan fingerprint density at radius 3 is 2.65 bits per heavy atom. The molecule has 2 nitrogen and oxygen atoms in total. The smallest absolute Gasteiger partial charge is 0.138 e. The number of phenolic OH excluding ortho intramolecular Hbond substituents is 1. The third-order valence-electron chi connectivity index (χ3n) is 3.08. The van der Waals surface area contributed by atoms with Crippen LogP contribution in [0, 0.1) is 5.82 Å². The van der Waals surface area contributed by atoms with Crippen molar-refractivity contribution in [2.24, 2.45) is 0 Å². The van der Waals surface area contributed by atoms with Gasteiger partial charge in [-0.15, -0.1) is 0 Å². The van der Waals surface area contributed by atoms with Crippen LogP contribution in [0.1, 0.15) is 24.1 Å². The van der Waals surface area contributed by atoms with E-state index in [-0.39, 0.29) is 22.6 Å². The molecule has 2 aromatic rings. The van der Waals surface area contributed by atoms with Crippen molar-refractivity contribution in [3.63, 3.8) is 0 Å². The van der Waals surface area contributed by atoms with Crippen LogP contribution in [-0.2, 0) is 6.54 Å². The molecular weight excluding hydrogens is 300 g/mol. The van der Waals surface area contributed by atoms with Crippen molar-refractivity contribution in [2.75, 3.05) is 0 Å². The molecule has 20 heavy (non-hydrogen) atoms. The van der Waals surface area contributed by atoms with Crippen LogP contribution in [-0.4, -0.2) is 5.11 Å². The third-order valence-corrected chi connectivity index (χ3v) is 3.58. The van der Waals surface area contributed by atoms with Gasteiger partial charge in [-0.05, 0) is 25.1 Å². The van der Waals surface area contributed by atoms with Gasteiger partial charge in [0.1, 0.15) is 11.6 Å². The summed E-state index contributed by atoms with van der Waals surface area (Å²) in [5.41, 5.74) is 1.14. The normalized spacial score (nSPS) is 12.4. The van der Waals surface area contributed by atoms with Crippen LogP contribution in [0.4, 0.5) is 4.39 Å². The predicted molar refractivity (Wildman–Crippen MR) is 79.8 cm³/mol. The molecule has 0 saturated carbocycles. The minimum atomic E-state index is -0.263. The Balaban J connectivity index is 2.11. The van der Waals surface area contributed by atoms with Crippen molar-refractivity contribution in [2.45, 2.75) is 19.5 Å². The molecule has 0 fully saturated rings. The zero-order valence-electron chi connectivity index (χ0n) is 10.8. The second-order valence-electron chi connectivity index (χ2n) is 4.52. The van der Waals surface area contributed by atoms with E-state index in [4.69, 9.17) is 23.2 Å². The molecule has 0 heterocycles. The van der Waals surface area contributed by atoms with Crippen molar-refractivity contribution in [3.05, 3.63) is 63.4 Å². The van der Waals surface area contributed by atoms with Crippen LogP contribution < -0.4 is 5.32 Å². The SMILES string of the molecule is C[C@@H](NCc1cc(Cl)cc(Cl)c1O)c1ccccc1F. The third kappa shape index (κ3) is 3.42. The average Bonchev–Trinajstić information content (AvgIpc) is 2.41. The van der Waals surface area contributed by atoms with E-state index in [1.165, 1.54) is 12.1 Å². The van der Waals surface area contributed by atoms with Gasteiger partial charge in [0.15, 0.2) is 0 Å². The monoisotopic (exact) mass is 313 g/mol. The standard InChI is InChI=1S/C15H14Cl2FNO/c1-9(12-4-2-3-5-14(12)18)19-8-10-6-11(16)7-13(17)15(10)20/h2-7,9,19-20H,8H2,1H3/t9-/m1/s1. The highest BCUT2D eigenvalue weighted by Crippen LogP contribution is 2.31. The summed E-state index contributed by atoms with van der Waals surface area (Å²) >= 11 is 11.8. The summed E-state index contributed by atoms with van der Waals surface area (Å²) in [5, 5.41) is 13.6. The van der Waals surface area contributed by atoms with E-state index in [0.29, 0.717) is 22.7 Å². The Kier molecular flexibility index (Phi) is 4.86. The van der Waals surface area contributed by atoms with Crippen molar-refractivity contribution in [3.8, 4) is 5.75 Å². The number of aromatic hydroxyl groups is 1. The lowest BCUT2D eigenvalue weighted by Gasteiger charge is -2.16. The first-order valence-electron chi connectivity index (χ1n) is 6.13. The van der Waals surface area contributed by atoms with E-state index in [1.54, 1.807) is 24.3 Å². The molecule has 2 N–H and O–H groups in total. The molecule has 0 unspecified atom stereocenters. The molecule has 0 saturated heterocycles. The fourth-order valence-electron chi connectivity index (χ4n) is 1.95. The van der Waals surface area contributed by atoms with E-state index in [1.807, 2.05) is 6.92 Å². The molecule has 0 aliphatic carbocycles. The Bertz CT molecular complexity index is 619. The van der Waals surface area contributed by atoms with Crippen LogP contribution in [0.15, 0.2) is 36.4 Å². The van der Waals surface area contributed by atoms with E-state index in [0.717, 1.165) is 0 Å². The van der Waals surface area contributed by atoms with Gasteiger partial charge in [0, 0.05) is 28.7 Å². The number of nitrogens with one attached hydrogen (secondary N) is 1. The topological polar surface area (TPSA) is 32.3 Å². The molecule has 2 aromatic carbocycles. The molecule has 0 bridgehead atoms. The number of benzene rings is 2. The summed E-state index contributed by atoms with van der Waals surface area (Å²) in [6.45, 7) is 2.18. The summed E-state index contributed by atoms with van der Waals surface area (Å²) in [7, 11) is 0. The molecule has 0 amide bonds. The minimum Gasteiger partial charge on any atom is -0.506 e. The summed E-state index contributed by atoms with van der Waals surface area (Å²) in [4.78, 5) is 0. The molecule has 106 valence electrons. The molecular formula is C15H14Cl2FNO. The molecule has 5 heteroatoms. The summed E-state index contributed by atoms with van der Waals surface area (Å²) in [6, 6.07) is 9.47. The lowest BCUT2D eigenvalue weighted by Crippen LogP contribution is -2.19. The van der Waals surface area contributed by atoms with Gasteiger partial charge in [-0.25, -0.2) is 4.39 Å². The summed E-state index contributed by atoms with van der Waals surface area (Å²) < 4.78 is 13.6.